The molecule has 0 spiro atoms. The predicted octanol–water partition coefficient (Wildman–Crippen LogP) is 0.696. The predicted molar refractivity (Wildman–Crippen MR) is 75.8 cm³/mol. The van der Waals surface area contributed by atoms with Crippen LogP contribution in [0.5, 0.6) is 0 Å². The number of nitrogens with one attached hydrogen (secondary N) is 2. The van der Waals surface area contributed by atoms with Crippen LogP contribution in [0, 0.1) is 0 Å². The summed E-state index contributed by atoms with van der Waals surface area (Å²) >= 11 is 0. The van der Waals surface area contributed by atoms with Gasteiger partial charge in [0.25, 0.3) is 5.91 Å². The summed E-state index contributed by atoms with van der Waals surface area (Å²) in [5.74, 6) is -0.583. The maximum absolute atomic E-state index is 11.4. The Morgan fingerprint density at radius 3 is 2.63 bits per heavy atom. The number of carbonyl (C=O) groups excluding carboxylic acids is 2. The number of nitrogen functional groups attached to an aromatic ring is 1. The zero-order valence-electron chi connectivity index (χ0n) is 11.0. The molecule has 19 heavy (non-hydrogen) atoms. The van der Waals surface area contributed by atoms with Crippen LogP contribution >= 0.6 is 0 Å². The highest BCUT2D eigenvalue weighted by Crippen LogP contribution is 2.22. The third-order valence-electron chi connectivity index (χ3n) is 2.61. The number of primary amides is 1. The molecule has 0 aliphatic rings. The van der Waals surface area contributed by atoms with Crippen LogP contribution in [0.3, 0.4) is 0 Å². The number of rotatable bonds is 7. The van der Waals surface area contributed by atoms with Gasteiger partial charge in [-0.3, -0.25) is 9.59 Å². The van der Waals surface area contributed by atoms with E-state index in [4.69, 9.17) is 11.5 Å². The highest BCUT2D eigenvalue weighted by Gasteiger charge is 2.09. The number of carbonyl (C=O) groups is 2. The van der Waals surface area contributed by atoms with Gasteiger partial charge >= 0.3 is 0 Å². The minimum atomic E-state index is -0.568. The standard InChI is InChI=1S/C13H20N4O2/c1-2-7-17-11(18)6-8-16-10-5-3-4-9(12(10)14)13(15)19/h3-5,16H,2,6-8,14H2,1H3,(H2,15,19)(H,17,18). The van der Waals surface area contributed by atoms with Gasteiger partial charge in [-0.05, 0) is 18.6 Å². The van der Waals surface area contributed by atoms with Crippen LogP contribution in [0.2, 0.25) is 0 Å². The normalized spacial score (nSPS) is 9.95. The van der Waals surface area contributed by atoms with Crippen LogP contribution in [0.1, 0.15) is 30.1 Å². The summed E-state index contributed by atoms with van der Waals surface area (Å²) in [4.78, 5) is 22.5. The third kappa shape index (κ3) is 4.50. The van der Waals surface area contributed by atoms with Gasteiger partial charge in [0.05, 0.1) is 16.9 Å². The molecule has 6 nitrogen and oxygen atoms in total. The molecule has 1 aromatic rings. The van der Waals surface area contributed by atoms with Gasteiger partial charge < -0.3 is 22.1 Å². The molecule has 0 aliphatic heterocycles. The van der Waals surface area contributed by atoms with E-state index in [1.807, 2.05) is 6.92 Å². The smallest absolute Gasteiger partial charge is 0.250 e. The molecule has 2 amide bonds. The van der Waals surface area contributed by atoms with Crippen LogP contribution in [0.15, 0.2) is 18.2 Å². The largest absolute Gasteiger partial charge is 0.396 e. The molecule has 0 saturated carbocycles. The van der Waals surface area contributed by atoms with E-state index in [9.17, 15) is 9.59 Å². The molecular weight excluding hydrogens is 244 g/mol. The lowest BCUT2D eigenvalue weighted by molar-refractivity contribution is -0.120. The quantitative estimate of drug-likeness (QED) is 0.543. The monoisotopic (exact) mass is 264 g/mol. The Balaban J connectivity index is 2.52. The first-order chi connectivity index (χ1) is 9.06. The number of anilines is 2. The topological polar surface area (TPSA) is 110 Å². The van der Waals surface area contributed by atoms with Crippen molar-refractivity contribution >= 4 is 23.2 Å². The molecule has 104 valence electrons. The first kappa shape index (κ1) is 14.8. The summed E-state index contributed by atoms with van der Waals surface area (Å²) in [7, 11) is 0. The van der Waals surface area contributed by atoms with E-state index in [1.54, 1.807) is 18.2 Å². The number of hydrogen-bond donors (Lipinski definition) is 4. The summed E-state index contributed by atoms with van der Waals surface area (Å²) in [5.41, 5.74) is 12.2. The van der Waals surface area contributed by atoms with Crippen molar-refractivity contribution in [1.29, 1.82) is 0 Å². The third-order valence-corrected chi connectivity index (χ3v) is 2.61. The molecule has 6 heteroatoms. The van der Waals surface area contributed by atoms with Gasteiger partial charge in [0, 0.05) is 19.5 Å². The van der Waals surface area contributed by atoms with Gasteiger partial charge in [-0.25, -0.2) is 0 Å². The minimum absolute atomic E-state index is 0.0148. The SMILES string of the molecule is CCCNC(=O)CCNc1cccc(C(N)=O)c1N. The first-order valence-corrected chi connectivity index (χ1v) is 6.25. The van der Waals surface area contributed by atoms with Crippen molar-refractivity contribution < 1.29 is 9.59 Å². The summed E-state index contributed by atoms with van der Waals surface area (Å²) in [5, 5.41) is 5.80. The van der Waals surface area contributed by atoms with Gasteiger partial charge in [0.2, 0.25) is 5.91 Å². The number of hydrogen-bond acceptors (Lipinski definition) is 4. The van der Waals surface area contributed by atoms with Gasteiger partial charge in [0.1, 0.15) is 0 Å². The Hall–Kier alpha value is -2.24. The first-order valence-electron chi connectivity index (χ1n) is 6.25. The summed E-state index contributed by atoms with van der Waals surface area (Å²) < 4.78 is 0. The van der Waals surface area contributed by atoms with Crippen molar-refractivity contribution in [3.8, 4) is 0 Å². The number of para-hydroxylation sites is 1. The molecule has 0 bridgehead atoms. The number of amides is 2. The van der Waals surface area contributed by atoms with Crippen molar-refractivity contribution in [2.45, 2.75) is 19.8 Å². The van der Waals surface area contributed by atoms with Crippen LogP contribution in [0.4, 0.5) is 11.4 Å². The molecule has 0 radical (unpaired) electrons. The molecule has 0 fully saturated rings. The summed E-state index contributed by atoms with van der Waals surface area (Å²) in [6.45, 7) is 3.12. The molecule has 0 saturated heterocycles. The fourth-order valence-corrected chi connectivity index (χ4v) is 1.60. The maximum atomic E-state index is 11.4. The minimum Gasteiger partial charge on any atom is -0.396 e. The molecule has 0 aliphatic carbocycles. The van der Waals surface area contributed by atoms with E-state index in [0.29, 0.717) is 30.9 Å². The van der Waals surface area contributed by atoms with Crippen LogP contribution < -0.4 is 22.1 Å². The molecule has 0 unspecified atom stereocenters. The Kier molecular flexibility index (Phi) is 5.66. The average molecular weight is 264 g/mol. The summed E-state index contributed by atoms with van der Waals surface area (Å²) in [6, 6.07) is 5.00. The molecule has 1 rings (SSSR count). The van der Waals surface area contributed by atoms with Crippen LogP contribution in [0.25, 0.3) is 0 Å². The van der Waals surface area contributed by atoms with Crippen molar-refractivity contribution in [2.24, 2.45) is 5.73 Å². The van der Waals surface area contributed by atoms with Crippen molar-refractivity contribution in [1.82, 2.24) is 5.32 Å². The van der Waals surface area contributed by atoms with Gasteiger partial charge in [0.15, 0.2) is 0 Å². The van der Waals surface area contributed by atoms with Gasteiger partial charge in [-0.15, -0.1) is 0 Å². The van der Waals surface area contributed by atoms with E-state index in [2.05, 4.69) is 10.6 Å². The van der Waals surface area contributed by atoms with E-state index < -0.39 is 5.91 Å². The van der Waals surface area contributed by atoms with Crippen molar-refractivity contribution in [3.63, 3.8) is 0 Å². The summed E-state index contributed by atoms with van der Waals surface area (Å²) in [6.07, 6.45) is 1.26. The van der Waals surface area contributed by atoms with Crippen LogP contribution in [-0.4, -0.2) is 24.9 Å². The van der Waals surface area contributed by atoms with Crippen LogP contribution in [-0.2, 0) is 4.79 Å². The zero-order chi connectivity index (χ0) is 14.3. The van der Waals surface area contributed by atoms with E-state index in [-0.39, 0.29) is 11.5 Å². The van der Waals surface area contributed by atoms with E-state index in [0.717, 1.165) is 6.42 Å². The molecular formula is C13H20N4O2. The highest BCUT2D eigenvalue weighted by atomic mass is 16.1. The Morgan fingerprint density at radius 2 is 2.00 bits per heavy atom. The maximum Gasteiger partial charge on any atom is 0.250 e. The highest BCUT2D eigenvalue weighted by molar-refractivity contribution is 6.00. The van der Waals surface area contributed by atoms with Gasteiger partial charge in [-0.2, -0.15) is 0 Å². The van der Waals surface area contributed by atoms with E-state index >= 15 is 0 Å². The molecule has 0 aromatic heterocycles. The number of benzene rings is 1. The second-order valence-electron chi connectivity index (χ2n) is 4.16. The Bertz CT molecular complexity index is 460. The lowest BCUT2D eigenvalue weighted by Crippen LogP contribution is -2.26. The lowest BCUT2D eigenvalue weighted by atomic mass is 10.1. The fraction of sp³-hybridized carbons (Fsp3) is 0.385. The second-order valence-corrected chi connectivity index (χ2v) is 4.16. The zero-order valence-corrected chi connectivity index (χ0v) is 11.0. The van der Waals surface area contributed by atoms with Crippen molar-refractivity contribution in [3.05, 3.63) is 23.8 Å². The van der Waals surface area contributed by atoms with E-state index in [1.165, 1.54) is 0 Å². The Morgan fingerprint density at radius 1 is 1.26 bits per heavy atom. The van der Waals surface area contributed by atoms with Crippen molar-refractivity contribution in [2.75, 3.05) is 24.1 Å². The number of nitrogens with two attached hydrogens (primary N) is 2. The molecule has 1 aromatic carbocycles. The molecule has 6 N–H and O–H groups in total. The molecule has 0 heterocycles. The fourth-order valence-electron chi connectivity index (χ4n) is 1.60. The lowest BCUT2D eigenvalue weighted by Gasteiger charge is -2.11. The average Bonchev–Trinajstić information content (AvgIpc) is 2.38. The molecule has 0 atom stereocenters. The van der Waals surface area contributed by atoms with Gasteiger partial charge in [-0.1, -0.05) is 13.0 Å². The Labute approximate surface area is 112 Å². The second kappa shape index (κ2) is 7.25.